The highest BCUT2D eigenvalue weighted by atomic mass is 32.1. The monoisotopic (exact) mass is 404 g/mol. The van der Waals surface area contributed by atoms with E-state index in [2.05, 4.69) is 45.5 Å². The van der Waals surface area contributed by atoms with Crippen LogP contribution in [-0.2, 0) is 0 Å². The molecule has 1 fully saturated rings. The molecule has 29 heavy (non-hydrogen) atoms. The minimum atomic E-state index is 0.797. The average molecular weight is 405 g/mol. The fourth-order valence-corrected chi connectivity index (χ4v) is 4.83. The molecule has 6 heteroatoms. The van der Waals surface area contributed by atoms with Crippen molar-refractivity contribution in [2.24, 2.45) is 0 Å². The van der Waals surface area contributed by atoms with Crippen LogP contribution >= 0.6 is 11.3 Å². The first-order valence-electron chi connectivity index (χ1n) is 10.2. The van der Waals surface area contributed by atoms with Crippen molar-refractivity contribution in [3.05, 3.63) is 54.9 Å². The van der Waals surface area contributed by atoms with Gasteiger partial charge in [-0.25, -0.2) is 9.97 Å². The number of hydrogen-bond acceptors (Lipinski definition) is 6. The Bertz CT molecular complexity index is 1080. The van der Waals surface area contributed by atoms with E-state index in [0.29, 0.717) is 0 Å². The van der Waals surface area contributed by atoms with E-state index >= 15 is 0 Å². The largest absolute Gasteiger partial charge is 0.443 e. The van der Waals surface area contributed by atoms with Gasteiger partial charge < -0.3 is 14.6 Å². The summed E-state index contributed by atoms with van der Waals surface area (Å²) in [6.07, 6.45) is 5.55. The predicted octanol–water partition coefficient (Wildman–Crippen LogP) is 5.52. The van der Waals surface area contributed by atoms with E-state index in [4.69, 9.17) is 9.40 Å². The topological polar surface area (TPSA) is 54.2 Å². The van der Waals surface area contributed by atoms with Gasteiger partial charge in [-0.15, -0.1) is 0 Å². The minimum absolute atomic E-state index is 0.797. The molecule has 1 aliphatic rings. The highest BCUT2D eigenvalue weighted by Crippen LogP contribution is 2.35. The summed E-state index contributed by atoms with van der Waals surface area (Å²) in [5.74, 6) is 0.797. The first-order valence-corrected chi connectivity index (χ1v) is 11.0. The zero-order valence-corrected chi connectivity index (χ0v) is 17.1. The molecule has 0 saturated carbocycles. The van der Waals surface area contributed by atoms with Gasteiger partial charge in [0.25, 0.3) is 0 Å². The Kier molecular flexibility index (Phi) is 5.28. The zero-order valence-electron chi connectivity index (χ0n) is 16.3. The van der Waals surface area contributed by atoms with Crippen LogP contribution in [0.5, 0.6) is 0 Å². The quantitative estimate of drug-likeness (QED) is 0.459. The van der Waals surface area contributed by atoms with Gasteiger partial charge in [0, 0.05) is 24.2 Å². The SMILES string of the molecule is c1ccc(-c2ncoc2-c2ccc3nc(NCCN4CCCCC4)sc3c2)cc1. The van der Waals surface area contributed by atoms with Gasteiger partial charge in [-0.05, 0) is 44.1 Å². The van der Waals surface area contributed by atoms with Crippen LogP contribution in [0.2, 0.25) is 0 Å². The molecule has 2 aromatic heterocycles. The Hall–Kier alpha value is -2.70. The number of likely N-dealkylation sites (tertiary alicyclic amines) is 1. The molecule has 0 atom stereocenters. The Balaban J connectivity index is 1.33. The molecule has 5 nitrogen and oxygen atoms in total. The third-order valence-electron chi connectivity index (χ3n) is 5.42. The Labute approximate surface area is 174 Å². The van der Waals surface area contributed by atoms with Gasteiger partial charge in [-0.2, -0.15) is 0 Å². The molecular formula is C23H24N4OS. The number of thiazole rings is 1. The summed E-state index contributed by atoms with van der Waals surface area (Å²) in [4.78, 5) is 11.7. The maximum absolute atomic E-state index is 5.74. The molecule has 0 aliphatic carbocycles. The molecule has 1 saturated heterocycles. The van der Waals surface area contributed by atoms with Gasteiger partial charge >= 0.3 is 0 Å². The van der Waals surface area contributed by atoms with Crippen molar-refractivity contribution in [1.29, 1.82) is 0 Å². The van der Waals surface area contributed by atoms with Crippen LogP contribution in [0.1, 0.15) is 19.3 Å². The number of benzene rings is 2. The van der Waals surface area contributed by atoms with Crippen LogP contribution < -0.4 is 5.32 Å². The number of nitrogens with zero attached hydrogens (tertiary/aromatic N) is 3. The lowest BCUT2D eigenvalue weighted by Crippen LogP contribution is -2.33. The summed E-state index contributed by atoms with van der Waals surface area (Å²) in [6, 6.07) is 16.4. The third-order valence-corrected chi connectivity index (χ3v) is 6.39. The lowest BCUT2D eigenvalue weighted by atomic mass is 10.1. The summed E-state index contributed by atoms with van der Waals surface area (Å²) >= 11 is 1.69. The van der Waals surface area contributed by atoms with Gasteiger partial charge in [-0.1, -0.05) is 48.1 Å². The summed E-state index contributed by atoms with van der Waals surface area (Å²) < 4.78 is 6.90. The normalized spacial score (nSPS) is 15.0. The fourth-order valence-electron chi connectivity index (χ4n) is 3.90. The number of nitrogens with one attached hydrogen (secondary N) is 1. The van der Waals surface area contributed by atoms with Crippen molar-refractivity contribution >= 4 is 26.7 Å². The Morgan fingerprint density at radius 3 is 2.72 bits per heavy atom. The van der Waals surface area contributed by atoms with Crippen LogP contribution in [-0.4, -0.2) is 41.0 Å². The van der Waals surface area contributed by atoms with E-state index in [9.17, 15) is 0 Å². The van der Waals surface area contributed by atoms with Crippen LogP contribution in [0, 0.1) is 0 Å². The molecule has 0 bridgehead atoms. The van der Waals surface area contributed by atoms with E-state index in [0.717, 1.165) is 51.0 Å². The molecule has 1 N–H and O–H groups in total. The molecular weight excluding hydrogens is 380 g/mol. The van der Waals surface area contributed by atoms with Gasteiger partial charge in [0.05, 0.1) is 10.2 Å². The molecule has 0 unspecified atom stereocenters. The van der Waals surface area contributed by atoms with Crippen molar-refractivity contribution in [2.45, 2.75) is 19.3 Å². The van der Waals surface area contributed by atoms with Crippen LogP contribution in [0.15, 0.2) is 59.3 Å². The average Bonchev–Trinajstić information content (AvgIpc) is 3.41. The molecule has 2 aromatic carbocycles. The van der Waals surface area contributed by atoms with Crippen molar-refractivity contribution in [3.8, 4) is 22.6 Å². The first-order chi connectivity index (χ1) is 14.4. The number of hydrogen-bond donors (Lipinski definition) is 1. The van der Waals surface area contributed by atoms with Crippen molar-refractivity contribution in [3.63, 3.8) is 0 Å². The smallest absolute Gasteiger partial charge is 0.183 e. The van der Waals surface area contributed by atoms with Crippen LogP contribution in [0.3, 0.4) is 0 Å². The number of anilines is 1. The number of aromatic nitrogens is 2. The highest BCUT2D eigenvalue weighted by Gasteiger charge is 2.15. The number of oxazole rings is 1. The third kappa shape index (κ3) is 4.04. The van der Waals surface area contributed by atoms with E-state index in [1.807, 2.05) is 18.2 Å². The van der Waals surface area contributed by atoms with Gasteiger partial charge in [0.1, 0.15) is 5.69 Å². The van der Waals surface area contributed by atoms with Crippen molar-refractivity contribution in [1.82, 2.24) is 14.9 Å². The summed E-state index contributed by atoms with van der Waals surface area (Å²) in [5.41, 5.74) is 3.97. The Morgan fingerprint density at radius 1 is 1.00 bits per heavy atom. The number of piperidine rings is 1. The minimum Gasteiger partial charge on any atom is -0.443 e. The molecule has 0 radical (unpaired) electrons. The van der Waals surface area contributed by atoms with Gasteiger partial charge in [0.15, 0.2) is 17.3 Å². The van der Waals surface area contributed by atoms with E-state index in [-0.39, 0.29) is 0 Å². The van der Waals surface area contributed by atoms with Crippen molar-refractivity contribution < 1.29 is 4.42 Å². The van der Waals surface area contributed by atoms with Crippen LogP contribution in [0.4, 0.5) is 5.13 Å². The van der Waals surface area contributed by atoms with Crippen molar-refractivity contribution in [2.75, 3.05) is 31.5 Å². The molecule has 3 heterocycles. The molecule has 0 spiro atoms. The van der Waals surface area contributed by atoms with E-state index in [1.165, 1.54) is 38.7 Å². The first kappa shape index (κ1) is 18.3. The van der Waals surface area contributed by atoms with E-state index < -0.39 is 0 Å². The highest BCUT2D eigenvalue weighted by molar-refractivity contribution is 7.22. The lowest BCUT2D eigenvalue weighted by molar-refractivity contribution is 0.237. The summed E-state index contributed by atoms with van der Waals surface area (Å²) in [6.45, 7) is 4.48. The standard InChI is InChI=1S/C23H24N4OS/c1-3-7-17(8-4-1)21-22(28-16-25-21)18-9-10-19-20(15-18)29-23(26-19)24-11-14-27-12-5-2-6-13-27/h1,3-4,7-10,15-16H,2,5-6,11-14H2,(H,24,26). The van der Waals surface area contributed by atoms with Gasteiger partial charge in [-0.3, -0.25) is 0 Å². The second-order valence-corrected chi connectivity index (χ2v) is 8.46. The predicted molar refractivity (Wildman–Crippen MR) is 119 cm³/mol. The molecule has 1 aliphatic heterocycles. The second kappa shape index (κ2) is 8.35. The van der Waals surface area contributed by atoms with Crippen LogP contribution in [0.25, 0.3) is 32.8 Å². The molecule has 0 amide bonds. The lowest BCUT2D eigenvalue weighted by Gasteiger charge is -2.26. The van der Waals surface area contributed by atoms with E-state index in [1.54, 1.807) is 11.3 Å². The zero-order chi connectivity index (χ0) is 19.5. The number of fused-ring (bicyclic) bond motifs is 1. The maximum atomic E-state index is 5.74. The second-order valence-electron chi connectivity index (χ2n) is 7.43. The molecule has 5 rings (SSSR count). The summed E-state index contributed by atoms with van der Waals surface area (Å²) in [7, 11) is 0. The van der Waals surface area contributed by atoms with Gasteiger partial charge in [0.2, 0.25) is 0 Å². The molecule has 4 aromatic rings. The maximum Gasteiger partial charge on any atom is 0.183 e. The summed E-state index contributed by atoms with van der Waals surface area (Å²) in [5, 5.41) is 4.48. The molecule has 148 valence electrons. The fraction of sp³-hybridized carbons (Fsp3) is 0.304. The number of rotatable bonds is 6. The Morgan fingerprint density at radius 2 is 1.86 bits per heavy atom.